The monoisotopic (exact) mass is 278 g/mol. The average molecular weight is 279 g/mol. The number of nitrogens with zero attached hydrogens (tertiary/aromatic N) is 2. The van der Waals surface area contributed by atoms with Crippen molar-refractivity contribution in [3.8, 4) is 0 Å². The molecular weight excluding hydrogens is 256 g/mol. The zero-order valence-corrected chi connectivity index (χ0v) is 12.4. The Balaban J connectivity index is 1.67. The lowest BCUT2D eigenvalue weighted by molar-refractivity contribution is 0.0111. The molecule has 0 saturated carbocycles. The molecule has 3 rings (SSSR count). The summed E-state index contributed by atoms with van der Waals surface area (Å²) < 4.78 is 0. The Morgan fingerprint density at radius 3 is 3.00 bits per heavy atom. The fourth-order valence-corrected chi connectivity index (χ4v) is 3.72. The Morgan fingerprint density at radius 2 is 2.16 bits per heavy atom. The largest absolute Gasteiger partial charge is 0.298 e. The molecule has 104 valence electrons. The van der Waals surface area contributed by atoms with Gasteiger partial charge in [-0.15, -0.1) is 0 Å². The molecule has 1 aromatic rings. The van der Waals surface area contributed by atoms with Crippen LogP contribution in [0.2, 0.25) is 5.02 Å². The van der Waals surface area contributed by atoms with Gasteiger partial charge in [0.25, 0.3) is 0 Å². The Hall–Kier alpha value is -0.570. The minimum atomic E-state index is 0.647. The summed E-state index contributed by atoms with van der Waals surface area (Å²) in [5.41, 5.74) is 1.34. The second-order valence-corrected chi connectivity index (χ2v) is 6.49. The molecule has 2 fully saturated rings. The van der Waals surface area contributed by atoms with E-state index in [-0.39, 0.29) is 0 Å². The van der Waals surface area contributed by atoms with Crippen LogP contribution < -0.4 is 0 Å². The van der Waals surface area contributed by atoms with Gasteiger partial charge in [0.15, 0.2) is 0 Å². The second-order valence-electron chi connectivity index (χ2n) is 6.05. The molecule has 1 aromatic carbocycles. The third kappa shape index (κ3) is 3.13. The van der Waals surface area contributed by atoms with Gasteiger partial charge in [0.1, 0.15) is 0 Å². The van der Waals surface area contributed by atoms with E-state index in [0.29, 0.717) is 6.04 Å². The van der Waals surface area contributed by atoms with Crippen LogP contribution in [0.25, 0.3) is 0 Å². The highest BCUT2D eigenvalue weighted by atomic mass is 35.5. The quantitative estimate of drug-likeness (QED) is 0.818. The number of benzene rings is 1. The summed E-state index contributed by atoms with van der Waals surface area (Å²) in [5.74, 6) is 0. The minimum absolute atomic E-state index is 0.647. The number of hydrogen-bond donors (Lipinski definition) is 0. The molecule has 0 spiro atoms. The molecule has 2 aliphatic heterocycles. The third-order valence-electron chi connectivity index (χ3n) is 4.59. The highest BCUT2D eigenvalue weighted by molar-refractivity contribution is 6.30. The molecule has 0 aromatic heterocycles. The molecule has 0 unspecified atom stereocenters. The lowest BCUT2D eigenvalue weighted by atomic mass is 9.97. The van der Waals surface area contributed by atoms with Gasteiger partial charge in [0, 0.05) is 36.7 Å². The second kappa shape index (κ2) is 5.82. The smallest absolute Gasteiger partial charge is 0.0409 e. The molecule has 19 heavy (non-hydrogen) atoms. The number of fused-ring (bicyclic) bond motifs is 1. The molecule has 3 heteroatoms. The maximum Gasteiger partial charge on any atom is 0.0409 e. The van der Waals surface area contributed by atoms with Crippen LogP contribution in [-0.2, 0) is 6.54 Å². The number of rotatable bonds is 2. The van der Waals surface area contributed by atoms with E-state index in [1.807, 2.05) is 6.07 Å². The van der Waals surface area contributed by atoms with Gasteiger partial charge in [0.2, 0.25) is 0 Å². The summed E-state index contributed by atoms with van der Waals surface area (Å²) >= 11 is 6.08. The number of piperazine rings is 1. The van der Waals surface area contributed by atoms with Crippen LogP contribution >= 0.6 is 11.6 Å². The number of halogens is 1. The summed E-state index contributed by atoms with van der Waals surface area (Å²) in [6.07, 6.45) is 4.16. The van der Waals surface area contributed by atoms with Gasteiger partial charge in [-0.25, -0.2) is 0 Å². The number of piperidine rings is 1. The summed E-state index contributed by atoms with van der Waals surface area (Å²) in [6.45, 7) is 7.14. The van der Waals surface area contributed by atoms with Crippen molar-refractivity contribution < 1.29 is 0 Å². The lowest BCUT2D eigenvalue weighted by Gasteiger charge is -2.47. The van der Waals surface area contributed by atoms with Crippen molar-refractivity contribution in [2.45, 2.75) is 44.8 Å². The van der Waals surface area contributed by atoms with Gasteiger partial charge in [0.05, 0.1) is 0 Å². The zero-order chi connectivity index (χ0) is 13.2. The van der Waals surface area contributed by atoms with E-state index in [1.165, 1.54) is 44.5 Å². The van der Waals surface area contributed by atoms with Crippen LogP contribution in [0.1, 0.15) is 31.7 Å². The SMILES string of the molecule is C[C@@H]1CN2CCCC[C@@H]2CN1Cc1cccc(Cl)c1. The zero-order valence-electron chi connectivity index (χ0n) is 11.7. The Morgan fingerprint density at radius 1 is 1.26 bits per heavy atom. The molecule has 2 saturated heterocycles. The minimum Gasteiger partial charge on any atom is -0.298 e. The maximum absolute atomic E-state index is 6.08. The third-order valence-corrected chi connectivity index (χ3v) is 4.83. The van der Waals surface area contributed by atoms with Crippen LogP contribution in [0, 0.1) is 0 Å². The predicted molar refractivity (Wildman–Crippen MR) is 80.5 cm³/mol. The van der Waals surface area contributed by atoms with Gasteiger partial charge in [-0.1, -0.05) is 30.2 Å². The van der Waals surface area contributed by atoms with Gasteiger partial charge in [-0.3, -0.25) is 9.80 Å². The molecule has 0 bridgehead atoms. The fraction of sp³-hybridized carbons (Fsp3) is 0.625. The van der Waals surface area contributed by atoms with E-state index in [0.717, 1.165) is 17.6 Å². The summed E-state index contributed by atoms with van der Waals surface area (Å²) in [7, 11) is 0. The standard InChI is InChI=1S/C16H23ClN2/c1-13-10-18-8-3-2-7-16(18)12-19(13)11-14-5-4-6-15(17)9-14/h4-6,9,13,16H,2-3,7-8,10-12H2,1H3/t13-,16-/m1/s1. The van der Waals surface area contributed by atoms with E-state index >= 15 is 0 Å². The first-order valence-electron chi connectivity index (χ1n) is 7.45. The molecule has 2 nitrogen and oxygen atoms in total. The number of hydrogen-bond acceptors (Lipinski definition) is 2. The van der Waals surface area contributed by atoms with Gasteiger partial charge >= 0.3 is 0 Å². The molecule has 0 N–H and O–H groups in total. The van der Waals surface area contributed by atoms with Crippen LogP contribution in [0.4, 0.5) is 0 Å². The van der Waals surface area contributed by atoms with Crippen LogP contribution in [0.3, 0.4) is 0 Å². The van der Waals surface area contributed by atoms with Crippen molar-refractivity contribution in [3.05, 3.63) is 34.9 Å². The highest BCUT2D eigenvalue weighted by Crippen LogP contribution is 2.25. The van der Waals surface area contributed by atoms with Gasteiger partial charge < -0.3 is 0 Å². The van der Waals surface area contributed by atoms with Gasteiger partial charge in [-0.2, -0.15) is 0 Å². The summed E-state index contributed by atoms with van der Waals surface area (Å²) in [5, 5.41) is 0.849. The normalized spacial score (nSPS) is 29.2. The molecule has 0 radical (unpaired) electrons. The van der Waals surface area contributed by atoms with Crippen molar-refractivity contribution >= 4 is 11.6 Å². The first-order chi connectivity index (χ1) is 9.22. The first-order valence-corrected chi connectivity index (χ1v) is 7.83. The van der Waals surface area contributed by atoms with Crippen molar-refractivity contribution in [1.29, 1.82) is 0 Å². The van der Waals surface area contributed by atoms with Crippen molar-refractivity contribution in [2.24, 2.45) is 0 Å². The van der Waals surface area contributed by atoms with Crippen LogP contribution in [0.5, 0.6) is 0 Å². The van der Waals surface area contributed by atoms with Gasteiger partial charge in [-0.05, 0) is 44.0 Å². The lowest BCUT2D eigenvalue weighted by Crippen LogP contribution is -2.58. The van der Waals surface area contributed by atoms with Crippen molar-refractivity contribution in [1.82, 2.24) is 9.80 Å². The summed E-state index contributed by atoms with van der Waals surface area (Å²) in [6, 6.07) is 9.72. The molecule has 2 heterocycles. The van der Waals surface area contributed by atoms with Crippen LogP contribution in [-0.4, -0.2) is 41.5 Å². The molecule has 0 amide bonds. The van der Waals surface area contributed by atoms with E-state index in [4.69, 9.17) is 11.6 Å². The molecule has 2 atom stereocenters. The Bertz CT molecular complexity index is 435. The average Bonchev–Trinajstić information content (AvgIpc) is 2.40. The van der Waals surface area contributed by atoms with E-state index in [9.17, 15) is 0 Å². The van der Waals surface area contributed by atoms with E-state index in [2.05, 4.69) is 34.9 Å². The molecular formula is C16H23ClN2. The van der Waals surface area contributed by atoms with E-state index < -0.39 is 0 Å². The van der Waals surface area contributed by atoms with Crippen molar-refractivity contribution in [3.63, 3.8) is 0 Å². The Kier molecular flexibility index (Phi) is 4.11. The highest BCUT2D eigenvalue weighted by Gasteiger charge is 2.32. The van der Waals surface area contributed by atoms with Crippen LogP contribution in [0.15, 0.2) is 24.3 Å². The topological polar surface area (TPSA) is 6.48 Å². The molecule has 2 aliphatic rings. The summed E-state index contributed by atoms with van der Waals surface area (Å²) in [4.78, 5) is 5.32. The first kappa shape index (κ1) is 13.4. The van der Waals surface area contributed by atoms with Crippen molar-refractivity contribution in [2.75, 3.05) is 19.6 Å². The van der Waals surface area contributed by atoms with E-state index in [1.54, 1.807) is 0 Å². The fourth-order valence-electron chi connectivity index (χ4n) is 3.50. The predicted octanol–water partition coefficient (Wildman–Crippen LogP) is 3.40. The Labute approximate surface area is 121 Å². The molecule has 0 aliphatic carbocycles. The maximum atomic E-state index is 6.08.